The van der Waals surface area contributed by atoms with Crippen LogP contribution in [0.4, 0.5) is 5.69 Å². The number of anilines is 1. The van der Waals surface area contributed by atoms with Crippen molar-refractivity contribution in [2.75, 3.05) is 4.90 Å². The number of hydrogen-bond donors (Lipinski definition) is 1. The van der Waals surface area contributed by atoms with Gasteiger partial charge in [-0.15, -0.1) is 0 Å². The lowest BCUT2D eigenvalue weighted by atomic mass is 10.0. The van der Waals surface area contributed by atoms with Gasteiger partial charge in [-0.1, -0.05) is 26.0 Å². The van der Waals surface area contributed by atoms with Crippen LogP contribution in [0.25, 0.3) is 11.8 Å². The van der Waals surface area contributed by atoms with Crippen molar-refractivity contribution >= 4 is 63.5 Å². The highest BCUT2D eigenvalue weighted by molar-refractivity contribution is 14.1. The van der Waals surface area contributed by atoms with Crippen molar-refractivity contribution in [1.82, 2.24) is 9.88 Å². The topological polar surface area (TPSA) is 54.3 Å². The molecule has 0 atom stereocenters. The molecule has 0 spiro atoms. The van der Waals surface area contributed by atoms with E-state index in [-0.39, 0.29) is 10.7 Å². The van der Waals surface area contributed by atoms with Crippen LogP contribution in [0.15, 0.2) is 54.1 Å². The van der Waals surface area contributed by atoms with Crippen molar-refractivity contribution in [1.29, 1.82) is 0 Å². The Hall–Kier alpha value is -2.78. The van der Waals surface area contributed by atoms with Gasteiger partial charge in [0, 0.05) is 20.6 Å². The van der Waals surface area contributed by atoms with Gasteiger partial charge in [-0.05, 0) is 121 Å². The number of nitrogens with zero attached hydrogens (tertiary/aromatic N) is 2. The standard InChI is InChI=1S/C27H26IN3O2S/c1-15(2)19-6-8-21(9-7-19)31-26(33)23(25(32)29-27(31)34)14-20-13-17(4)30(18(20)5)22-10-11-24(28)16(3)12-22/h6-15H,1-5H3,(H,29,32,34)/b23-14-. The van der Waals surface area contributed by atoms with Crippen molar-refractivity contribution in [3.63, 3.8) is 0 Å². The molecule has 1 saturated heterocycles. The summed E-state index contributed by atoms with van der Waals surface area (Å²) in [7, 11) is 0. The van der Waals surface area contributed by atoms with Crippen LogP contribution in [-0.2, 0) is 9.59 Å². The van der Waals surface area contributed by atoms with E-state index in [0.717, 1.165) is 28.2 Å². The van der Waals surface area contributed by atoms with Gasteiger partial charge in [0.15, 0.2) is 5.11 Å². The molecule has 1 fully saturated rings. The molecule has 0 saturated carbocycles. The average Bonchev–Trinajstić information content (AvgIpc) is 3.06. The van der Waals surface area contributed by atoms with Crippen molar-refractivity contribution in [3.05, 3.63) is 85.8 Å². The maximum Gasteiger partial charge on any atom is 0.270 e. The van der Waals surface area contributed by atoms with Crippen LogP contribution in [0.1, 0.15) is 47.8 Å². The second-order valence-corrected chi connectivity index (χ2v) is 10.3. The summed E-state index contributed by atoms with van der Waals surface area (Å²) >= 11 is 7.66. The molecular formula is C27H26IN3O2S. The fraction of sp³-hybridized carbons (Fsp3) is 0.222. The van der Waals surface area contributed by atoms with E-state index in [0.29, 0.717) is 11.6 Å². The van der Waals surface area contributed by atoms with E-state index in [1.165, 1.54) is 14.0 Å². The highest BCUT2D eigenvalue weighted by Crippen LogP contribution is 2.28. The number of benzene rings is 2. The Balaban J connectivity index is 1.73. The zero-order valence-corrected chi connectivity index (χ0v) is 22.7. The van der Waals surface area contributed by atoms with E-state index in [1.54, 1.807) is 6.08 Å². The molecule has 4 rings (SSSR count). The first-order chi connectivity index (χ1) is 16.1. The van der Waals surface area contributed by atoms with Crippen molar-refractivity contribution in [2.45, 2.75) is 40.5 Å². The van der Waals surface area contributed by atoms with Crippen molar-refractivity contribution < 1.29 is 9.59 Å². The number of amides is 2. The quantitative estimate of drug-likeness (QED) is 0.179. The fourth-order valence-corrected chi connectivity index (χ4v) is 4.77. The second-order valence-electron chi connectivity index (χ2n) is 8.80. The Morgan fingerprint density at radius 1 is 0.971 bits per heavy atom. The Morgan fingerprint density at radius 3 is 2.24 bits per heavy atom. The number of aromatic nitrogens is 1. The Kier molecular flexibility index (Phi) is 6.78. The van der Waals surface area contributed by atoms with Crippen LogP contribution in [0.2, 0.25) is 0 Å². The Morgan fingerprint density at radius 2 is 1.62 bits per heavy atom. The highest BCUT2D eigenvalue weighted by Gasteiger charge is 2.34. The Labute approximate surface area is 219 Å². The van der Waals surface area contributed by atoms with Gasteiger partial charge in [0.1, 0.15) is 5.57 Å². The molecule has 1 N–H and O–H groups in total. The molecule has 1 aliphatic rings. The van der Waals surface area contributed by atoms with E-state index < -0.39 is 11.8 Å². The van der Waals surface area contributed by atoms with Crippen molar-refractivity contribution in [2.24, 2.45) is 0 Å². The summed E-state index contributed by atoms with van der Waals surface area (Å²) in [5.41, 5.74) is 6.88. The first-order valence-electron chi connectivity index (χ1n) is 11.1. The number of thiocarbonyl (C=S) groups is 1. The van der Waals surface area contributed by atoms with Gasteiger partial charge in [0.2, 0.25) is 0 Å². The summed E-state index contributed by atoms with van der Waals surface area (Å²) in [6, 6.07) is 16.0. The summed E-state index contributed by atoms with van der Waals surface area (Å²) < 4.78 is 3.33. The van der Waals surface area contributed by atoms with E-state index in [9.17, 15) is 9.59 Å². The van der Waals surface area contributed by atoms with Crippen LogP contribution in [0.5, 0.6) is 0 Å². The summed E-state index contributed by atoms with van der Waals surface area (Å²) in [6.07, 6.45) is 1.66. The van der Waals surface area contributed by atoms with Gasteiger partial charge in [0.05, 0.1) is 5.69 Å². The molecule has 0 aliphatic carbocycles. The monoisotopic (exact) mass is 583 g/mol. The third-order valence-corrected chi connectivity index (χ3v) is 7.58. The molecule has 2 heterocycles. The van der Waals surface area contributed by atoms with Crippen LogP contribution in [0.3, 0.4) is 0 Å². The molecule has 0 radical (unpaired) electrons. The van der Waals surface area contributed by atoms with Crippen LogP contribution < -0.4 is 10.2 Å². The normalized spacial score (nSPS) is 15.4. The predicted octanol–water partition coefficient (Wildman–Crippen LogP) is 5.96. The lowest BCUT2D eigenvalue weighted by molar-refractivity contribution is -0.122. The zero-order chi connectivity index (χ0) is 24.7. The number of carbonyl (C=O) groups is 2. The SMILES string of the molecule is Cc1cc(-n2c(C)cc(/C=C3/C(=O)NC(=S)N(c4ccc(C(C)C)cc4)C3=O)c2C)ccc1I. The molecule has 34 heavy (non-hydrogen) atoms. The van der Waals surface area contributed by atoms with Crippen molar-refractivity contribution in [3.8, 4) is 5.69 Å². The molecule has 5 nitrogen and oxygen atoms in total. The van der Waals surface area contributed by atoms with E-state index >= 15 is 0 Å². The lowest BCUT2D eigenvalue weighted by Gasteiger charge is -2.29. The van der Waals surface area contributed by atoms with Gasteiger partial charge in [0.25, 0.3) is 11.8 Å². The molecule has 0 unspecified atom stereocenters. The summed E-state index contributed by atoms with van der Waals surface area (Å²) in [6.45, 7) is 10.3. The average molecular weight is 583 g/mol. The van der Waals surface area contributed by atoms with Gasteiger partial charge in [-0.2, -0.15) is 0 Å². The minimum absolute atomic E-state index is 0.0561. The third kappa shape index (κ3) is 4.46. The van der Waals surface area contributed by atoms with Gasteiger partial charge < -0.3 is 4.57 Å². The molecule has 2 amide bonds. The molecule has 1 aromatic heterocycles. The smallest absolute Gasteiger partial charge is 0.270 e. The van der Waals surface area contributed by atoms with E-state index in [1.807, 2.05) is 44.2 Å². The number of halogens is 1. The van der Waals surface area contributed by atoms with E-state index in [4.69, 9.17) is 12.2 Å². The minimum Gasteiger partial charge on any atom is -0.318 e. The lowest BCUT2D eigenvalue weighted by Crippen LogP contribution is -2.54. The number of hydrogen-bond acceptors (Lipinski definition) is 3. The first-order valence-corrected chi connectivity index (χ1v) is 12.5. The molecule has 3 aromatic rings. The predicted molar refractivity (Wildman–Crippen MR) is 149 cm³/mol. The molecule has 0 bridgehead atoms. The van der Waals surface area contributed by atoms with Gasteiger partial charge >= 0.3 is 0 Å². The van der Waals surface area contributed by atoms with Gasteiger partial charge in [-0.25, -0.2) is 0 Å². The number of aryl methyl sites for hydroxylation is 2. The zero-order valence-electron chi connectivity index (χ0n) is 19.8. The second kappa shape index (κ2) is 9.46. The molecule has 2 aromatic carbocycles. The number of rotatable bonds is 4. The summed E-state index contributed by atoms with van der Waals surface area (Å²) in [4.78, 5) is 27.6. The molecule has 7 heteroatoms. The third-order valence-electron chi connectivity index (χ3n) is 6.09. The summed E-state index contributed by atoms with van der Waals surface area (Å²) in [5, 5.41) is 2.76. The van der Waals surface area contributed by atoms with Crippen LogP contribution in [-0.4, -0.2) is 21.5 Å². The first kappa shape index (κ1) is 24.3. The fourth-order valence-electron chi connectivity index (χ4n) is 4.15. The molecular weight excluding hydrogens is 557 g/mol. The maximum atomic E-state index is 13.4. The Bertz CT molecular complexity index is 1350. The molecule has 174 valence electrons. The van der Waals surface area contributed by atoms with Gasteiger partial charge in [-0.3, -0.25) is 19.8 Å². The number of carbonyl (C=O) groups excluding carboxylic acids is 2. The summed E-state index contributed by atoms with van der Waals surface area (Å²) in [5.74, 6) is -0.540. The van der Waals surface area contributed by atoms with Crippen LogP contribution in [0, 0.1) is 24.3 Å². The maximum absolute atomic E-state index is 13.4. The largest absolute Gasteiger partial charge is 0.318 e. The molecule has 1 aliphatic heterocycles. The van der Waals surface area contributed by atoms with Crippen LogP contribution >= 0.6 is 34.8 Å². The highest BCUT2D eigenvalue weighted by atomic mass is 127. The van der Waals surface area contributed by atoms with E-state index in [2.05, 4.69) is 71.4 Å². The number of nitrogens with one attached hydrogen (secondary N) is 1. The minimum atomic E-state index is -0.486.